The highest BCUT2D eigenvalue weighted by Crippen LogP contribution is 2.49. The molecular weight excluding hydrogens is 756 g/mol. The molecule has 56 heavy (non-hydrogen) atoms. The van der Waals surface area contributed by atoms with Crippen LogP contribution >= 0.6 is 0 Å². The molecular formula is C35H47O21+. The third-order valence-corrected chi connectivity index (χ3v) is 9.99. The van der Waals surface area contributed by atoms with Gasteiger partial charge in [-0.2, -0.15) is 0 Å². The van der Waals surface area contributed by atoms with E-state index in [0.717, 1.165) is 6.07 Å². The summed E-state index contributed by atoms with van der Waals surface area (Å²) in [6.07, 6.45) is -24.1. The monoisotopic (exact) mass is 803 g/mol. The molecule has 0 aliphatic carbocycles. The molecule has 3 fully saturated rings. The highest BCUT2D eigenvalue weighted by Gasteiger charge is 2.49. The normalized spacial score (nSPS) is 38.5. The van der Waals surface area contributed by atoms with Crippen molar-refractivity contribution in [2.75, 3.05) is 27.4 Å². The van der Waals surface area contributed by atoms with E-state index in [1.807, 2.05) is 0 Å². The number of ether oxygens (including phenoxy) is 9. The number of aliphatic hydroxyl groups excluding tert-OH is 10. The second-order valence-corrected chi connectivity index (χ2v) is 13.7. The van der Waals surface area contributed by atoms with Gasteiger partial charge in [-0.25, -0.2) is 0 Å². The molecule has 312 valence electrons. The molecule has 6 rings (SSSR count). The molecule has 0 spiro atoms. The Kier molecular flexibility index (Phi) is 12.7. The van der Waals surface area contributed by atoms with Crippen LogP contribution < -0.4 is 14.2 Å². The minimum atomic E-state index is -1.91. The molecule has 3 saturated heterocycles. The summed E-state index contributed by atoms with van der Waals surface area (Å²) in [5.74, 6) is -1.07. The summed E-state index contributed by atoms with van der Waals surface area (Å²) < 4.78 is 49.8. The van der Waals surface area contributed by atoms with Crippen molar-refractivity contribution < 1.29 is 104 Å². The van der Waals surface area contributed by atoms with Crippen molar-refractivity contribution >= 4 is 6.08 Å². The van der Waals surface area contributed by atoms with E-state index in [2.05, 4.69) is 0 Å². The number of phenolic OH excluding ortho intramolecular Hbond substituents is 2. The van der Waals surface area contributed by atoms with Crippen LogP contribution in [0.5, 0.6) is 34.5 Å². The molecule has 0 aromatic heterocycles. The van der Waals surface area contributed by atoms with Gasteiger partial charge in [0.2, 0.25) is 18.3 Å². The van der Waals surface area contributed by atoms with E-state index in [9.17, 15) is 61.3 Å². The maximum atomic E-state index is 11.1. The first kappa shape index (κ1) is 41.8. The van der Waals surface area contributed by atoms with Crippen LogP contribution in [0.2, 0.25) is 0 Å². The number of methoxy groups -OCH3 is 2. The van der Waals surface area contributed by atoms with Gasteiger partial charge in [0.05, 0.1) is 45.2 Å². The van der Waals surface area contributed by atoms with E-state index in [1.54, 1.807) is 0 Å². The highest BCUT2D eigenvalue weighted by molar-refractivity contribution is 5.70. The van der Waals surface area contributed by atoms with Crippen molar-refractivity contribution in [3.05, 3.63) is 41.2 Å². The fourth-order valence-electron chi connectivity index (χ4n) is 6.70. The van der Waals surface area contributed by atoms with E-state index >= 15 is 0 Å². The number of aromatic hydroxyl groups is 3. The van der Waals surface area contributed by atoms with Gasteiger partial charge in [-0.05, 0) is 19.1 Å². The van der Waals surface area contributed by atoms with Crippen LogP contribution in [-0.2, 0) is 23.7 Å². The molecule has 2 aromatic rings. The number of fused-ring (bicyclic) bond motifs is 1. The molecule has 4 heterocycles. The van der Waals surface area contributed by atoms with E-state index in [-0.39, 0.29) is 51.4 Å². The molecule has 4 aliphatic heterocycles. The quantitative estimate of drug-likeness (QED) is 0.0973. The standard InChI is InChI=1S/C35H46O21/c1-11-22(38)26(42)29(45)33(51-11)50-10-21-25(41)28(44)31(47)35(56-21)54-19-8-14-15(52-32(19)12-4-17(48-2)23(39)18(5-12)49-3)6-13(37)7-16(14)53-34-30(46)27(43)24(40)20(9-36)55-34/h4-8,11,20-22,24-47H,9-10H2,1-3H3/p+1/t11-,20+,21+,22-,24+,25+,26-,27-,28-,29-,30-,31+,32?,33+,34+,35+/m0/s1. The maximum Gasteiger partial charge on any atom is 0.270 e. The third-order valence-electron chi connectivity index (χ3n) is 9.99. The van der Waals surface area contributed by atoms with Gasteiger partial charge < -0.3 is 104 Å². The molecule has 21 nitrogen and oxygen atoms in total. The summed E-state index contributed by atoms with van der Waals surface area (Å²) in [4.78, 5) is 0. The maximum absolute atomic E-state index is 11.1. The van der Waals surface area contributed by atoms with Gasteiger partial charge in [0, 0.05) is 12.1 Å². The molecule has 13 N–H and O–H groups in total. The van der Waals surface area contributed by atoms with Gasteiger partial charge in [-0.3, -0.25) is 0 Å². The Morgan fingerprint density at radius 2 is 1.18 bits per heavy atom. The van der Waals surface area contributed by atoms with Crippen LogP contribution in [0.1, 0.15) is 24.2 Å². The lowest BCUT2D eigenvalue weighted by atomic mass is 9.98. The Bertz CT molecular complexity index is 1680. The molecule has 0 bridgehead atoms. The van der Waals surface area contributed by atoms with E-state index in [1.165, 1.54) is 45.4 Å². The lowest BCUT2D eigenvalue weighted by Gasteiger charge is -2.42. The van der Waals surface area contributed by atoms with Crippen molar-refractivity contribution in [3.8, 4) is 34.5 Å². The SMILES string of the molecule is COc1cc(C2[OH+]c3cc(O)cc(O[C@@H]4O[C@H](CO)[C@@H](O)[C@H](O)[C@@H]4O)c3C=C2O[C@@H]2O[C@H](CO[C@@H]3O[C@@H](C)[C@H](O)[C@H](O)[C@@H]3O)[C@@H](O)[C@H](O)[C@H]2O)cc(OC)c1O. The lowest BCUT2D eigenvalue weighted by Crippen LogP contribution is -2.61. The van der Waals surface area contributed by atoms with Gasteiger partial charge in [-0.1, -0.05) is 0 Å². The van der Waals surface area contributed by atoms with Crippen LogP contribution in [0.4, 0.5) is 0 Å². The Balaban J connectivity index is 1.35. The summed E-state index contributed by atoms with van der Waals surface area (Å²) in [5.41, 5.74) is 0.338. The first-order chi connectivity index (χ1) is 26.6. The van der Waals surface area contributed by atoms with E-state index < -0.39 is 111 Å². The summed E-state index contributed by atoms with van der Waals surface area (Å²) in [5, 5.41) is 126. The number of rotatable bonds is 11. The lowest BCUT2D eigenvalue weighted by molar-refractivity contribution is -0.325. The zero-order valence-electron chi connectivity index (χ0n) is 30.1. The highest BCUT2D eigenvalue weighted by atomic mass is 16.7. The van der Waals surface area contributed by atoms with Crippen LogP contribution in [0, 0.1) is 0 Å². The molecule has 4 aliphatic rings. The predicted octanol–water partition coefficient (Wildman–Crippen LogP) is -3.70. The zero-order chi connectivity index (χ0) is 40.7. The molecule has 0 amide bonds. The second kappa shape index (κ2) is 17.0. The van der Waals surface area contributed by atoms with Gasteiger partial charge in [0.25, 0.3) is 11.9 Å². The van der Waals surface area contributed by atoms with Gasteiger partial charge in [0.1, 0.15) is 84.2 Å². The first-order valence-electron chi connectivity index (χ1n) is 17.5. The molecule has 1 unspecified atom stereocenters. The van der Waals surface area contributed by atoms with Gasteiger partial charge in [-0.15, -0.1) is 0 Å². The molecule has 0 radical (unpaired) electrons. The Morgan fingerprint density at radius 1 is 0.625 bits per heavy atom. The fraction of sp³-hybridized carbons (Fsp3) is 0.600. The Hall–Kier alpha value is -3.78. The fourth-order valence-corrected chi connectivity index (χ4v) is 6.70. The Labute approximate surface area is 318 Å². The molecule has 2 aromatic carbocycles. The zero-order valence-corrected chi connectivity index (χ0v) is 30.1. The van der Waals surface area contributed by atoms with E-state index in [4.69, 9.17) is 42.6 Å². The largest absolute Gasteiger partial charge is 0.571 e. The van der Waals surface area contributed by atoms with E-state index in [0.29, 0.717) is 0 Å². The molecule has 16 atom stereocenters. The van der Waals surface area contributed by atoms with Crippen molar-refractivity contribution in [3.63, 3.8) is 0 Å². The van der Waals surface area contributed by atoms with Crippen molar-refractivity contribution in [2.24, 2.45) is 0 Å². The first-order valence-corrected chi connectivity index (χ1v) is 17.5. The van der Waals surface area contributed by atoms with Crippen molar-refractivity contribution in [1.82, 2.24) is 0 Å². The number of phenols is 2. The van der Waals surface area contributed by atoms with Crippen molar-refractivity contribution in [2.45, 2.75) is 105 Å². The van der Waals surface area contributed by atoms with Crippen LogP contribution in [0.15, 0.2) is 30.0 Å². The summed E-state index contributed by atoms with van der Waals surface area (Å²) in [6, 6.07) is 5.17. The second-order valence-electron chi connectivity index (χ2n) is 13.7. The van der Waals surface area contributed by atoms with Crippen LogP contribution in [0.25, 0.3) is 6.08 Å². The van der Waals surface area contributed by atoms with Crippen LogP contribution in [-0.4, -0.2) is 186 Å². The number of hydrogen-bond acceptors (Lipinski definition) is 20. The average Bonchev–Trinajstić information content (AvgIpc) is 3.18. The number of hydrogen-bond donors (Lipinski definition) is 12. The Morgan fingerprint density at radius 3 is 1.79 bits per heavy atom. The minimum absolute atomic E-state index is 0.0361. The average molecular weight is 804 g/mol. The molecule has 21 heteroatoms. The predicted molar refractivity (Wildman–Crippen MR) is 182 cm³/mol. The smallest absolute Gasteiger partial charge is 0.270 e. The summed E-state index contributed by atoms with van der Waals surface area (Å²) in [7, 11) is 2.59. The number of aliphatic hydroxyl groups is 11. The topological polar surface area (TPSA) is 329 Å². The molecule has 0 saturated carbocycles. The van der Waals surface area contributed by atoms with Crippen LogP contribution in [0.3, 0.4) is 0 Å². The third kappa shape index (κ3) is 8.01. The summed E-state index contributed by atoms with van der Waals surface area (Å²) in [6.45, 7) is 0.108. The minimum Gasteiger partial charge on any atom is -0.571 e. The van der Waals surface area contributed by atoms with Gasteiger partial charge in [0.15, 0.2) is 23.5 Å². The van der Waals surface area contributed by atoms with Gasteiger partial charge >= 0.3 is 0 Å². The number of benzene rings is 2. The van der Waals surface area contributed by atoms with Crippen molar-refractivity contribution in [1.29, 1.82) is 0 Å². The summed E-state index contributed by atoms with van der Waals surface area (Å²) >= 11 is 0.